The van der Waals surface area contributed by atoms with E-state index in [1.165, 1.54) is 0 Å². The maximum atomic E-state index is 11.6. The molecule has 1 spiro atoms. The lowest BCUT2D eigenvalue weighted by Crippen LogP contribution is -2.39. The maximum absolute atomic E-state index is 11.6. The Bertz CT molecular complexity index is 523. The Labute approximate surface area is 117 Å². The van der Waals surface area contributed by atoms with Crippen molar-refractivity contribution in [3.63, 3.8) is 0 Å². The van der Waals surface area contributed by atoms with Gasteiger partial charge >= 0.3 is 0 Å². The largest absolute Gasteiger partial charge is 0.294 e. The molecule has 0 amide bonds. The van der Waals surface area contributed by atoms with Crippen LogP contribution in [0.1, 0.15) is 25.7 Å². The zero-order chi connectivity index (χ0) is 14.6. The van der Waals surface area contributed by atoms with Gasteiger partial charge in [0, 0.05) is 31.1 Å². The summed E-state index contributed by atoms with van der Waals surface area (Å²) in [5, 5.41) is 0. The minimum atomic E-state index is -4.06. The topological polar surface area (TPSA) is 102 Å². The summed E-state index contributed by atoms with van der Waals surface area (Å²) < 4.78 is 23.3. The molecule has 2 aliphatic rings. The van der Waals surface area contributed by atoms with E-state index < -0.39 is 66.2 Å². The lowest BCUT2D eigenvalue weighted by atomic mass is 9.76. The normalized spacial score (nSPS) is 43.9. The second-order valence-corrected chi connectivity index (χ2v) is 11.8. The van der Waals surface area contributed by atoms with Crippen LogP contribution in [0.25, 0.3) is 0 Å². The van der Waals surface area contributed by atoms with E-state index in [9.17, 15) is 28.3 Å². The number of rotatable bonds is 0. The summed E-state index contributed by atoms with van der Waals surface area (Å²) in [4.78, 5) is 46.5. The molecule has 6 nitrogen and oxygen atoms in total. The highest BCUT2D eigenvalue weighted by atomic mass is 35.7. The molecule has 2 aliphatic heterocycles. The van der Waals surface area contributed by atoms with E-state index in [1.54, 1.807) is 0 Å². The average Bonchev–Trinajstić information content (AvgIpc) is 2.24. The van der Waals surface area contributed by atoms with Crippen molar-refractivity contribution in [2.24, 2.45) is 5.41 Å². The fourth-order valence-electron chi connectivity index (χ4n) is 2.34. The van der Waals surface area contributed by atoms with Crippen molar-refractivity contribution in [3.05, 3.63) is 0 Å². The molecule has 19 heavy (non-hydrogen) atoms. The molecule has 2 heterocycles. The molecule has 0 bridgehead atoms. The van der Waals surface area contributed by atoms with Crippen molar-refractivity contribution in [1.82, 2.24) is 0 Å². The van der Waals surface area contributed by atoms with Crippen molar-refractivity contribution in [1.29, 1.82) is 0 Å². The standard InChI is InChI=1S/C9H8Cl2O6P2/c10-18(16)5(12)1-9(2-6(18)13)3-7(14)19(11,17)8(15)4-9/h1-4H2. The minimum absolute atomic E-state index is 0.409. The highest BCUT2D eigenvalue weighted by Crippen LogP contribution is 2.68. The van der Waals surface area contributed by atoms with Gasteiger partial charge in [0.1, 0.15) is 0 Å². The second-order valence-electron chi connectivity index (χ2n) is 4.85. The van der Waals surface area contributed by atoms with Crippen LogP contribution in [0, 0.1) is 5.41 Å². The van der Waals surface area contributed by atoms with Crippen molar-refractivity contribution in [2.75, 3.05) is 0 Å². The molecule has 0 saturated carbocycles. The van der Waals surface area contributed by atoms with Gasteiger partial charge in [-0.25, -0.2) is 0 Å². The monoisotopic (exact) mass is 344 g/mol. The fraction of sp³-hybridized carbons (Fsp3) is 0.556. The summed E-state index contributed by atoms with van der Waals surface area (Å²) in [5.74, 6) is 0. The number of halogens is 2. The van der Waals surface area contributed by atoms with Crippen LogP contribution < -0.4 is 0 Å². The SMILES string of the molecule is O=C1CC2(CC(=O)P1(=O)Cl)CC(=O)P(=O)(Cl)C(=O)C2. The molecule has 0 radical (unpaired) electrons. The molecule has 2 fully saturated rings. The summed E-state index contributed by atoms with van der Waals surface area (Å²) in [7, 11) is 0. The molecule has 2 rings (SSSR count). The lowest BCUT2D eigenvalue weighted by Gasteiger charge is -2.38. The van der Waals surface area contributed by atoms with Crippen molar-refractivity contribution >= 4 is 57.6 Å². The van der Waals surface area contributed by atoms with E-state index in [0.29, 0.717) is 0 Å². The van der Waals surface area contributed by atoms with Crippen LogP contribution in [0.3, 0.4) is 0 Å². The molecule has 0 N–H and O–H groups in total. The predicted octanol–water partition coefficient (Wildman–Crippen LogP) is 2.70. The van der Waals surface area contributed by atoms with Crippen LogP contribution >= 0.6 is 35.5 Å². The van der Waals surface area contributed by atoms with Gasteiger partial charge in [0.2, 0.25) is 22.1 Å². The Morgan fingerprint density at radius 1 is 0.684 bits per heavy atom. The van der Waals surface area contributed by atoms with Crippen LogP contribution in [-0.4, -0.2) is 22.1 Å². The summed E-state index contributed by atoms with van der Waals surface area (Å²) in [6.07, 6.45) is -1.64. The number of hydrogen-bond acceptors (Lipinski definition) is 6. The molecule has 0 atom stereocenters. The first kappa shape index (κ1) is 15.1. The molecule has 104 valence electrons. The van der Waals surface area contributed by atoms with E-state index in [1.807, 2.05) is 0 Å². The lowest BCUT2D eigenvalue weighted by molar-refractivity contribution is -0.126. The van der Waals surface area contributed by atoms with Crippen molar-refractivity contribution in [3.8, 4) is 0 Å². The highest BCUT2D eigenvalue weighted by Gasteiger charge is 2.58. The van der Waals surface area contributed by atoms with Gasteiger partial charge in [0.05, 0.1) is 0 Å². The highest BCUT2D eigenvalue weighted by molar-refractivity contribution is 8.13. The summed E-state index contributed by atoms with van der Waals surface area (Å²) in [6.45, 7) is -8.13. The first-order valence-electron chi connectivity index (χ1n) is 5.24. The van der Waals surface area contributed by atoms with E-state index in [2.05, 4.69) is 0 Å². The zero-order valence-corrected chi connectivity index (χ0v) is 12.7. The van der Waals surface area contributed by atoms with Gasteiger partial charge in [-0.05, 0) is 22.5 Å². The van der Waals surface area contributed by atoms with Gasteiger partial charge in [0.15, 0.2) is 0 Å². The number of hydrogen-bond donors (Lipinski definition) is 0. The van der Waals surface area contributed by atoms with Gasteiger partial charge in [-0.1, -0.05) is 0 Å². The Balaban J connectivity index is 2.38. The van der Waals surface area contributed by atoms with E-state index in [0.717, 1.165) is 0 Å². The molecular weight excluding hydrogens is 337 g/mol. The predicted molar refractivity (Wildman–Crippen MR) is 67.8 cm³/mol. The summed E-state index contributed by atoms with van der Waals surface area (Å²) >= 11 is 10.8. The molecular formula is C9H8Cl2O6P2. The maximum Gasteiger partial charge on any atom is 0.294 e. The van der Waals surface area contributed by atoms with Gasteiger partial charge in [-0.2, -0.15) is 0 Å². The quantitative estimate of drug-likeness (QED) is 0.626. The molecule has 0 aromatic heterocycles. The van der Waals surface area contributed by atoms with Crippen LogP contribution in [0.15, 0.2) is 0 Å². The minimum Gasteiger partial charge on any atom is -0.290 e. The zero-order valence-electron chi connectivity index (χ0n) is 9.43. The van der Waals surface area contributed by atoms with Gasteiger partial charge in [0.25, 0.3) is 13.0 Å². The second kappa shape index (κ2) is 4.36. The molecule has 0 aromatic carbocycles. The van der Waals surface area contributed by atoms with Crippen LogP contribution in [-0.2, 0) is 28.3 Å². The van der Waals surface area contributed by atoms with Gasteiger partial charge in [-0.3, -0.25) is 28.3 Å². The van der Waals surface area contributed by atoms with Crippen LogP contribution in [0.4, 0.5) is 0 Å². The first-order chi connectivity index (χ1) is 8.51. The summed E-state index contributed by atoms with van der Waals surface area (Å²) in [5.41, 5.74) is -5.10. The molecule has 0 aliphatic carbocycles. The van der Waals surface area contributed by atoms with Gasteiger partial charge in [-0.15, -0.1) is 0 Å². The first-order valence-corrected chi connectivity index (χ1v) is 10.5. The van der Waals surface area contributed by atoms with Crippen LogP contribution in [0.5, 0.6) is 0 Å². The average molecular weight is 345 g/mol. The summed E-state index contributed by atoms with van der Waals surface area (Å²) in [6, 6.07) is 0. The van der Waals surface area contributed by atoms with E-state index >= 15 is 0 Å². The molecule has 2 saturated heterocycles. The third-order valence-corrected chi connectivity index (χ3v) is 8.85. The third-order valence-electron chi connectivity index (χ3n) is 3.39. The third kappa shape index (κ3) is 2.29. The van der Waals surface area contributed by atoms with Gasteiger partial charge < -0.3 is 0 Å². The Hall–Kier alpha value is -0.280. The number of carbonyl (C=O) groups is 4. The van der Waals surface area contributed by atoms with Crippen molar-refractivity contribution < 1.29 is 28.3 Å². The smallest absolute Gasteiger partial charge is 0.290 e. The molecule has 0 unspecified atom stereocenters. The van der Waals surface area contributed by atoms with E-state index in [-0.39, 0.29) is 0 Å². The Morgan fingerprint density at radius 3 is 1.11 bits per heavy atom. The Kier molecular flexibility index (Phi) is 3.47. The van der Waals surface area contributed by atoms with Crippen LogP contribution in [0.2, 0.25) is 0 Å². The number of carbonyl (C=O) groups excluding carboxylic acids is 4. The van der Waals surface area contributed by atoms with E-state index in [4.69, 9.17) is 22.5 Å². The van der Waals surface area contributed by atoms with Crippen molar-refractivity contribution in [2.45, 2.75) is 25.7 Å². The fourth-order valence-corrected chi connectivity index (χ4v) is 5.77. The molecule has 10 heteroatoms. The Morgan fingerprint density at radius 2 is 0.895 bits per heavy atom. The molecule has 0 aromatic rings.